The molecule has 1 aliphatic heterocycles. The van der Waals surface area contributed by atoms with Crippen LogP contribution in [0.2, 0.25) is 5.02 Å². The lowest BCUT2D eigenvalue weighted by molar-refractivity contribution is -0.0564. The average molecular weight is 508 g/mol. The van der Waals surface area contributed by atoms with Crippen LogP contribution < -0.4 is 11.1 Å². The number of rotatable bonds is 11. The fraction of sp³-hybridized carbons (Fsp3) is 0.750. The van der Waals surface area contributed by atoms with E-state index in [4.69, 9.17) is 22.1 Å². The third kappa shape index (κ3) is 8.08. The summed E-state index contributed by atoms with van der Waals surface area (Å²) in [5.74, 6) is 0.587. The van der Waals surface area contributed by atoms with E-state index in [0.29, 0.717) is 37.1 Å². The molecule has 2 fully saturated rings. The predicted molar refractivity (Wildman–Crippen MR) is 143 cm³/mol. The van der Waals surface area contributed by atoms with Gasteiger partial charge in [-0.2, -0.15) is 0 Å². The van der Waals surface area contributed by atoms with Crippen molar-refractivity contribution >= 4 is 17.6 Å². The summed E-state index contributed by atoms with van der Waals surface area (Å²) in [7, 11) is 1.70. The number of piperidine rings is 1. The molecule has 1 saturated carbocycles. The van der Waals surface area contributed by atoms with Crippen LogP contribution in [0.3, 0.4) is 0 Å². The number of unbranched alkanes of at least 4 members (excludes halogenated alkanes) is 1. The van der Waals surface area contributed by atoms with Crippen molar-refractivity contribution in [2.45, 2.75) is 95.2 Å². The molecule has 2 aliphatic rings. The molecule has 2 amide bonds. The van der Waals surface area contributed by atoms with Crippen LogP contribution in [0.1, 0.15) is 83.1 Å². The number of likely N-dealkylation sites (tertiary alicyclic amines) is 1. The minimum Gasteiger partial charge on any atom is -0.385 e. The number of amides is 2. The number of hydrogen-bond acceptors (Lipinski definition) is 4. The van der Waals surface area contributed by atoms with Gasteiger partial charge in [0.2, 0.25) is 0 Å². The maximum atomic E-state index is 13.4. The first-order chi connectivity index (χ1) is 16.8. The Morgan fingerprint density at radius 2 is 2.03 bits per heavy atom. The normalized spacial score (nSPS) is 22.9. The smallest absolute Gasteiger partial charge is 0.317 e. The van der Waals surface area contributed by atoms with E-state index in [1.54, 1.807) is 7.11 Å². The van der Waals surface area contributed by atoms with E-state index in [-0.39, 0.29) is 24.0 Å². The third-order valence-electron chi connectivity index (χ3n) is 8.12. The number of urea groups is 1. The first-order valence-corrected chi connectivity index (χ1v) is 14.0. The fourth-order valence-electron chi connectivity index (χ4n) is 5.97. The van der Waals surface area contributed by atoms with Crippen molar-refractivity contribution < 1.29 is 14.6 Å². The maximum absolute atomic E-state index is 13.4. The van der Waals surface area contributed by atoms with Crippen LogP contribution in [0.4, 0.5) is 4.79 Å². The Hall–Kier alpha value is -1.34. The molecule has 1 saturated heterocycles. The molecule has 1 aromatic carbocycles. The maximum Gasteiger partial charge on any atom is 0.317 e. The van der Waals surface area contributed by atoms with Crippen LogP contribution in [-0.2, 0) is 10.3 Å². The molecule has 1 aliphatic carbocycles. The second-order valence-electron chi connectivity index (χ2n) is 10.8. The Kier molecular flexibility index (Phi) is 11.2. The number of carbonyl (C=O) groups excluding carboxylic acids is 1. The van der Waals surface area contributed by atoms with E-state index < -0.39 is 5.60 Å². The predicted octanol–water partition coefficient (Wildman–Crippen LogP) is 5.45. The minimum absolute atomic E-state index is 0.0214. The number of benzene rings is 1. The Morgan fingerprint density at radius 3 is 2.71 bits per heavy atom. The first-order valence-electron chi connectivity index (χ1n) is 13.6. The molecule has 0 bridgehead atoms. The summed E-state index contributed by atoms with van der Waals surface area (Å²) in [4.78, 5) is 15.2. The molecule has 6 nitrogen and oxygen atoms in total. The highest BCUT2D eigenvalue weighted by atomic mass is 35.5. The van der Waals surface area contributed by atoms with Gasteiger partial charge in [-0.05, 0) is 69.1 Å². The number of carbonyl (C=O) groups is 1. The molecular weight excluding hydrogens is 462 g/mol. The Morgan fingerprint density at radius 1 is 1.26 bits per heavy atom. The highest BCUT2D eigenvalue weighted by Crippen LogP contribution is 2.40. The molecule has 7 heteroatoms. The number of nitrogens with zero attached hydrogens (tertiary/aromatic N) is 1. The minimum atomic E-state index is -1.04. The highest BCUT2D eigenvalue weighted by Gasteiger charge is 2.41. The highest BCUT2D eigenvalue weighted by molar-refractivity contribution is 6.30. The molecule has 35 heavy (non-hydrogen) atoms. The molecule has 1 unspecified atom stereocenters. The standard InChI is InChI=1S/C28H46ClN3O3/c1-21(30)26(18-22-10-4-3-5-11-22)31-27(33)32-16-9-13-24(20-32)28(34,15-6-7-17-35-2)23-12-8-14-25(29)19-23/h8,12,14,19,21-22,24,26,34H,3-7,9-11,13,15-18,20,30H2,1-2H3,(H,31,33)/t21-,24+,26?,28+/m0/s1. The lowest BCUT2D eigenvalue weighted by Gasteiger charge is -2.43. The van der Waals surface area contributed by atoms with Crippen LogP contribution in [0.5, 0.6) is 0 Å². The Balaban J connectivity index is 1.69. The monoisotopic (exact) mass is 507 g/mol. The SMILES string of the molecule is COCCCC[C@@](O)(c1cccc(Cl)c1)[C@@H]1CCCN(C(=O)NC(CC2CCCCC2)[C@H](C)N)C1. The third-order valence-corrected chi connectivity index (χ3v) is 8.36. The summed E-state index contributed by atoms with van der Waals surface area (Å²) in [6, 6.07) is 7.38. The number of nitrogens with two attached hydrogens (primary N) is 1. The number of methoxy groups -OCH3 is 1. The lowest BCUT2D eigenvalue weighted by Crippen LogP contribution is -2.55. The molecule has 4 atom stereocenters. The van der Waals surface area contributed by atoms with Gasteiger partial charge in [-0.3, -0.25) is 0 Å². The topological polar surface area (TPSA) is 87.8 Å². The molecule has 1 heterocycles. The Labute approximate surface area is 216 Å². The molecule has 1 aromatic rings. The summed E-state index contributed by atoms with van der Waals surface area (Å²) in [5.41, 5.74) is 6.09. The van der Waals surface area contributed by atoms with Crippen molar-refractivity contribution in [1.29, 1.82) is 0 Å². The molecule has 4 N–H and O–H groups in total. The van der Waals surface area contributed by atoms with Crippen LogP contribution in [0.25, 0.3) is 0 Å². The molecule has 198 valence electrons. The first kappa shape index (κ1) is 28.2. The Bertz CT molecular complexity index is 786. The van der Waals surface area contributed by atoms with E-state index in [1.165, 1.54) is 32.1 Å². The zero-order chi connectivity index (χ0) is 25.3. The average Bonchev–Trinajstić information content (AvgIpc) is 2.86. The van der Waals surface area contributed by atoms with Crippen LogP contribution in [-0.4, -0.2) is 54.9 Å². The van der Waals surface area contributed by atoms with Crippen molar-refractivity contribution in [1.82, 2.24) is 10.2 Å². The van der Waals surface area contributed by atoms with Gasteiger partial charge in [-0.15, -0.1) is 0 Å². The molecule has 0 radical (unpaired) electrons. The van der Waals surface area contributed by atoms with Gasteiger partial charge in [0.15, 0.2) is 0 Å². The van der Waals surface area contributed by atoms with Gasteiger partial charge in [-0.25, -0.2) is 4.79 Å². The summed E-state index contributed by atoms with van der Waals surface area (Å²) in [6.07, 6.45) is 11.4. The van der Waals surface area contributed by atoms with Gasteiger partial charge in [0.05, 0.1) is 5.60 Å². The molecular formula is C28H46ClN3O3. The van der Waals surface area contributed by atoms with Crippen molar-refractivity contribution in [3.63, 3.8) is 0 Å². The van der Waals surface area contributed by atoms with Gasteiger partial charge < -0.3 is 25.8 Å². The number of halogens is 1. The van der Waals surface area contributed by atoms with Crippen molar-refractivity contribution in [3.8, 4) is 0 Å². The van der Waals surface area contributed by atoms with E-state index in [0.717, 1.165) is 37.7 Å². The summed E-state index contributed by atoms with van der Waals surface area (Å²) in [5, 5.41) is 15.9. The summed E-state index contributed by atoms with van der Waals surface area (Å²) >= 11 is 6.30. The fourth-order valence-corrected chi connectivity index (χ4v) is 6.16. The van der Waals surface area contributed by atoms with Gasteiger partial charge in [0.1, 0.15) is 0 Å². The quantitative estimate of drug-likeness (QED) is 0.347. The summed E-state index contributed by atoms with van der Waals surface area (Å²) < 4.78 is 5.21. The lowest BCUT2D eigenvalue weighted by atomic mass is 9.74. The largest absolute Gasteiger partial charge is 0.385 e. The number of nitrogens with one attached hydrogen (secondary N) is 1. The van der Waals surface area contributed by atoms with E-state index in [1.807, 2.05) is 36.1 Å². The van der Waals surface area contributed by atoms with Gasteiger partial charge in [0, 0.05) is 49.8 Å². The van der Waals surface area contributed by atoms with Gasteiger partial charge in [0.25, 0.3) is 0 Å². The van der Waals surface area contributed by atoms with E-state index >= 15 is 0 Å². The zero-order valence-electron chi connectivity index (χ0n) is 21.7. The van der Waals surface area contributed by atoms with Crippen LogP contribution >= 0.6 is 11.6 Å². The van der Waals surface area contributed by atoms with E-state index in [2.05, 4.69) is 5.32 Å². The second kappa shape index (κ2) is 13.8. The van der Waals surface area contributed by atoms with Crippen molar-refractivity contribution in [2.75, 3.05) is 26.8 Å². The number of aliphatic hydroxyl groups is 1. The van der Waals surface area contributed by atoms with E-state index in [9.17, 15) is 9.90 Å². The van der Waals surface area contributed by atoms with Crippen LogP contribution in [0, 0.1) is 11.8 Å². The van der Waals surface area contributed by atoms with Crippen molar-refractivity contribution in [3.05, 3.63) is 34.9 Å². The molecule has 0 aromatic heterocycles. The van der Waals surface area contributed by atoms with Gasteiger partial charge in [-0.1, -0.05) is 55.8 Å². The second-order valence-corrected chi connectivity index (χ2v) is 11.3. The number of hydrogen-bond donors (Lipinski definition) is 3. The zero-order valence-corrected chi connectivity index (χ0v) is 22.4. The van der Waals surface area contributed by atoms with Crippen molar-refractivity contribution in [2.24, 2.45) is 17.6 Å². The van der Waals surface area contributed by atoms with Crippen LogP contribution in [0.15, 0.2) is 24.3 Å². The molecule has 3 rings (SSSR count). The van der Waals surface area contributed by atoms with Gasteiger partial charge >= 0.3 is 6.03 Å². The number of ether oxygens (including phenoxy) is 1. The summed E-state index contributed by atoms with van der Waals surface area (Å²) in [6.45, 7) is 3.89. The molecule has 0 spiro atoms.